The van der Waals surface area contributed by atoms with Gasteiger partial charge in [0.15, 0.2) is 0 Å². The molecule has 0 unspecified atom stereocenters. The largest absolute Gasteiger partial charge is 0.323 e. The number of carbonyl (C=O) groups is 1. The number of hydrogen-bond acceptors (Lipinski definition) is 1. The topological polar surface area (TPSA) is 29.1 Å². The van der Waals surface area contributed by atoms with Crippen molar-refractivity contribution < 1.29 is 18.0 Å². The number of hydrogen-bond donors (Lipinski definition) is 1. The lowest BCUT2D eigenvalue weighted by Gasteiger charge is -2.16. The van der Waals surface area contributed by atoms with Gasteiger partial charge in [0.2, 0.25) is 5.91 Å². The summed E-state index contributed by atoms with van der Waals surface area (Å²) >= 11 is 0. The molecule has 0 spiro atoms. The van der Waals surface area contributed by atoms with E-state index in [4.69, 9.17) is 0 Å². The molecule has 1 N–H and O–H groups in total. The van der Waals surface area contributed by atoms with E-state index in [0.717, 1.165) is 12.1 Å². The first kappa shape index (κ1) is 13.7. The van der Waals surface area contributed by atoms with Crippen LogP contribution in [0.2, 0.25) is 0 Å². The molecule has 0 radical (unpaired) electrons. The van der Waals surface area contributed by atoms with E-state index in [1.807, 2.05) is 0 Å². The smallest absolute Gasteiger partial charge is 0.235 e. The van der Waals surface area contributed by atoms with Gasteiger partial charge in [-0.3, -0.25) is 4.79 Å². The predicted molar refractivity (Wildman–Crippen MR) is 72.3 cm³/mol. The Labute approximate surface area is 119 Å². The first-order valence-corrected chi connectivity index (χ1v) is 6.54. The summed E-state index contributed by atoms with van der Waals surface area (Å²) in [7, 11) is 0. The van der Waals surface area contributed by atoms with Gasteiger partial charge in [-0.15, -0.1) is 0 Å². The van der Waals surface area contributed by atoms with Crippen LogP contribution in [-0.4, -0.2) is 5.91 Å². The molecule has 1 aliphatic rings. The Balaban J connectivity index is 1.87. The Morgan fingerprint density at radius 3 is 2.33 bits per heavy atom. The van der Waals surface area contributed by atoms with Gasteiger partial charge in [0, 0.05) is 11.6 Å². The molecule has 2 aromatic rings. The summed E-state index contributed by atoms with van der Waals surface area (Å²) < 4.78 is 40.3. The van der Waals surface area contributed by atoms with E-state index in [0.29, 0.717) is 24.5 Å². The predicted octanol–water partition coefficient (Wildman–Crippen LogP) is 3.77. The normalized spacial score (nSPS) is 15.6. The van der Waals surface area contributed by atoms with E-state index in [2.05, 4.69) is 5.32 Å². The maximum Gasteiger partial charge on any atom is 0.235 e. The number of nitrogens with one attached hydrogen (secondary N) is 1. The van der Waals surface area contributed by atoms with E-state index in [1.165, 1.54) is 6.07 Å². The van der Waals surface area contributed by atoms with Crippen molar-refractivity contribution >= 4 is 11.6 Å². The molecule has 0 saturated heterocycles. The molecule has 1 saturated carbocycles. The highest BCUT2D eigenvalue weighted by Crippen LogP contribution is 2.49. The summed E-state index contributed by atoms with van der Waals surface area (Å²) in [5, 5.41) is 2.42. The van der Waals surface area contributed by atoms with Crippen molar-refractivity contribution in [1.29, 1.82) is 0 Å². The van der Waals surface area contributed by atoms with E-state index in [9.17, 15) is 18.0 Å². The number of carbonyl (C=O) groups excluding carboxylic acids is 1. The molecule has 1 aliphatic carbocycles. The number of rotatable bonds is 3. The van der Waals surface area contributed by atoms with Crippen LogP contribution in [0, 0.1) is 17.5 Å². The lowest BCUT2D eigenvalue weighted by Crippen LogP contribution is -2.29. The van der Waals surface area contributed by atoms with Gasteiger partial charge in [-0.1, -0.05) is 18.2 Å². The zero-order chi connectivity index (χ0) is 15.0. The highest BCUT2D eigenvalue weighted by molar-refractivity contribution is 6.01. The lowest BCUT2D eigenvalue weighted by atomic mass is 9.94. The van der Waals surface area contributed by atoms with Crippen LogP contribution in [-0.2, 0) is 10.2 Å². The standard InChI is InChI=1S/C16H12F3NO/c17-10-5-6-14(13(19)9-10)20-15(21)16(7-8-16)11-3-1-2-4-12(11)18/h1-6,9H,7-8H2,(H,20,21). The monoisotopic (exact) mass is 291 g/mol. The van der Waals surface area contributed by atoms with E-state index in [1.54, 1.807) is 18.2 Å². The SMILES string of the molecule is O=C(Nc1ccc(F)cc1F)C1(c2ccccc2F)CC1. The summed E-state index contributed by atoms with van der Waals surface area (Å²) in [5.41, 5.74) is -0.749. The van der Waals surface area contributed by atoms with Gasteiger partial charge >= 0.3 is 0 Å². The summed E-state index contributed by atoms with van der Waals surface area (Å²) in [4.78, 5) is 12.3. The lowest BCUT2D eigenvalue weighted by molar-refractivity contribution is -0.118. The summed E-state index contributed by atoms with van der Waals surface area (Å²) in [5.74, 6) is -2.50. The average Bonchev–Trinajstić information content (AvgIpc) is 3.24. The van der Waals surface area contributed by atoms with Gasteiger partial charge in [-0.25, -0.2) is 13.2 Å². The minimum atomic E-state index is -0.952. The zero-order valence-electron chi connectivity index (χ0n) is 11.0. The first-order chi connectivity index (χ1) is 10.0. The van der Waals surface area contributed by atoms with Crippen LogP contribution < -0.4 is 5.32 Å². The van der Waals surface area contributed by atoms with Crippen molar-refractivity contribution in [3.05, 3.63) is 65.5 Å². The van der Waals surface area contributed by atoms with Crippen molar-refractivity contribution in [2.45, 2.75) is 18.3 Å². The fourth-order valence-electron chi connectivity index (χ4n) is 2.43. The fourth-order valence-corrected chi connectivity index (χ4v) is 2.43. The third-order valence-corrected chi connectivity index (χ3v) is 3.75. The third-order valence-electron chi connectivity index (χ3n) is 3.75. The van der Waals surface area contributed by atoms with E-state index < -0.39 is 28.8 Å². The molecule has 0 aromatic heterocycles. The summed E-state index contributed by atoms with van der Waals surface area (Å²) in [6.07, 6.45) is 1.01. The Kier molecular flexibility index (Phi) is 3.20. The summed E-state index contributed by atoms with van der Waals surface area (Å²) in [6, 6.07) is 8.96. The van der Waals surface area contributed by atoms with E-state index in [-0.39, 0.29) is 5.69 Å². The molecule has 5 heteroatoms. The van der Waals surface area contributed by atoms with Gasteiger partial charge in [0.05, 0.1) is 11.1 Å². The van der Waals surface area contributed by atoms with Gasteiger partial charge in [0.1, 0.15) is 17.5 Å². The van der Waals surface area contributed by atoms with Crippen LogP contribution in [0.1, 0.15) is 18.4 Å². The highest BCUT2D eigenvalue weighted by atomic mass is 19.1. The molecule has 1 fully saturated rings. The number of amides is 1. The van der Waals surface area contributed by atoms with Crippen molar-refractivity contribution in [1.82, 2.24) is 0 Å². The van der Waals surface area contributed by atoms with E-state index >= 15 is 0 Å². The second kappa shape index (κ2) is 4.91. The molecule has 108 valence electrons. The van der Waals surface area contributed by atoms with Gasteiger partial charge in [0.25, 0.3) is 0 Å². The van der Waals surface area contributed by atoms with Gasteiger partial charge in [-0.05, 0) is 31.0 Å². The second-order valence-electron chi connectivity index (χ2n) is 5.14. The molecule has 0 aliphatic heterocycles. The zero-order valence-corrected chi connectivity index (χ0v) is 11.0. The number of halogens is 3. The Morgan fingerprint density at radius 1 is 1.00 bits per heavy atom. The maximum absolute atomic E-state index is 13.9. The van der Waals surface area contributed by atoms with Crippen LogP contribution in [0.4, 0.5) is 18.9 Å². The minimum Gasteiger partial charge on any atom is -0.323 e. The van der Waals surface area contributed by atoms with Gasteiger partial charge in [-0.2, -0.15) is 0 Å². The molecule has 3 rings (SSSR count). The third kappa shape index (κ3) is 2.39. The van der Waals surface area contributed by atoms with Crippen LogP contribution in [0.3, 0.4) is 0 Å². The molecule has 0 atom stereocenters. The number of anilines is 1. The first-order valence-electron chi connectivity index (χ1n) is 6.54. The van der Waals surface area contributed by atoms with Crippen molar-refractivity contribution in [2.24, 2.45) is 0 Å². The Hall–Kier alpha value is -2.30. The van der Waals surface area contributed by atoms with Crippen molar-refractivity contribution in [3.63, 3.8) is 0 Å². The molecular formula is C16H12F3NO. The molecular weight excluding hydrogens is 279 g/mol. The summed E-state index contributed by atoms with van der Waals surface area (Å²) in [6.45, 7) is 0. The molecule has 1 amide bonds. The fraction of sp³-hybridized carbons (Fsp3) is 0.188. The van der Waals surface area contributed by atoms with Crippen molar-refractivity contribution in [3.8, 4) is 0 Å². The average molecular weight is 291 g/mol. The van der Waals surface area contributed by atoms with Crippen LogP contribution in [0.25, 0.3) is 0 Å². The van der Waals surface area contributed by atoms with Crippen LogP contribution >= 0.6 is 0 Å². The van der Waals surface area contributed by atoms with Gasteiger partial charge < -0.3 is 5.32 Å². The maximum atomic E-state index is 13.9. The highest BCUT2D eigenvalue weighted by Gasteiger charge is 2.52. The van der Waals surface area contributed by atoms with Crippen LogP contribution in [0.15, 0.2) is 42.5 Å². The van der Waals surface area contributed by atoms with Crippen LogP contribution in [0.5, 0.6) is 0 Å². The molecule has 0 heterocycles. The quantitative estimate of drug-likeness (QED) is 0.916. The minimum absolute atomic E-state index is 0.107. The van der Waals surface area contributed by atoms with Crippen molar-refractivity contribution in [2.75, 3.05) is 5.32 Å². The number of benzene rings is 2. The Morgan fingerprint density at radius 2 is 1.71 bits per heavy atom. The Bertz CT molecular complexity index is 710. The molecule has 2 nitrogen and oxygen atoms in total. The molecule has 2 aromatic carbocycles. The molecule has 21 heavy (non-hydrogen) atoms. The second-order valence-corrected chi connectivity index (χ2v) is 5.14. The molecule has 0 bridgehead atoms.